The van der Waals surface area contributed by atoms with Crippen molar-refractivity contribution in [2.24, 2.45) is 0 Å². The van der Waals surface area contributed by atoms with Crippen LogP contribution in [0.15, 0.2) is 27.4 Å². The van der Waals surface area contributed by atoms with Gasteiger partial charge in [0.15, 0.2) is 5.43 Å². The van der Waals surface area contributed by atoms with Crippen molar-refractivity contribution >= 4 is 11.0 Å². The van der Waals surface area contributed by atoms with Crippen molar-refractivity contribution in [3.05, 3.63) is 39.7 Å². The molecule has 2 aromatic rings. The molecule has 0 amide bonds. The van der Waals surface area contributed by atoms with E-state index in [1.807, 2.05) is 0 Å². The number of phenolic OH excluding ortho intramolecular Hbond substituents is 1. The zero-order chi connectivity index (χ0) is 10.3. The summed E-state index contributed by atoms with van der Waals surface area (Å²) in [6.07, 6.45) is 0. The number of aryl methyl sites for hydroxylation is 2. The van der Waals surface area contributed by atoms with Crippen molar-refractivity contribution in [2.45, 2.75) is 13.8 Å². The molecule has 0 aliphatic rings. The van der Waals surface area contributed by atoms with E-state index in [1.54, 1.807) is 19.9 Å². The molecule has 0 atom stereocenters. The first kappa shape index (κ1) is 8.81. The highest BCUT2D eigenvalue weighted by atomic mass is 16.3. The summed E-state index contributed by atoms with van der Waals surface area (Å²) < 4.78 is 5.32. The minimum Gasteiger partial charge on any atom is -0.508 e. The standard InChI is InChI=1S/C11H10O3/c1-6-3-8-10(13)4-7(2)14-11(8)5-9(6)12/h3-5,12H,1-2H3. The average Bonchev–Trinajstić information content (AvgIpc) is 2.08. The topological polar surface area (TPSA) is 50.4 Å². The molecule has 14 heavy (non-hydrogen) atoms. The van der Waals surface area contributed by atoms with E-state index < -0.39 is 0 Å². The lowest BCUT2D eigenvalue weighted by atomic mass is 10.1. The molecule has 3 nitrogen and oxygen atoms in total. The third-order valence-corrected chi connectivity index (χ3v) is 2.17. The van der Waals surface area contributed by atoms with Gasteiger partial charge in [0.25, 0.3) is 0 Å². The first-order valence-corrected chi connectivity index (χ1v) is 4.32. The lowest BCUT2D eigenvalue weighted by molar-refractivity contribution is 0.469. The molecule has 72 valence electrons. The summed E-state index contributed by atoms with van der Waals surface area (Å²) in [4.78, 5) is 11.5. The first-order chi connectivity index (χ1) is 6.58. The van der Waals surface area contributed by atoms with Crippen molar-refractivity contribution in [3.8, 4) is 5.75 Å². The van der Waals surface area contributed by atoms with Crippen LogP contribution in [0.3, 0.4) is 0 Å². The van der Waals surface area contributed by atoms with Crippen LogP contribution >= 0.6 is 0 Å². The van der Waals surface area contributed by atoms with Crippen molar-refractivity contribution < 1.29 is 9.52 Å². The molecule has 1 aromatic heterocycles. The Balaban J connectivity index is 2.96. The molecule has 0 radical (unpaired) electrons. The van der Waals surface area contributed by atoms with E-state index in [-0.39, 0.29) is 11.2 Å². The molecule has 1 aromatic carbocycles. The van der Waals surface area contributed by atoms with Crippen molar-refractivity contribution in [1.82, 2.24) is 0 Å². The Morgan fingerprint density at radius 1 is 1.21 bits per heavy atom. The molecule has 0 unspecified atom stereocenters. The molecule has 0 fully saturated rings. The van der Waals surface area contributed by atoms with Gasteiger partial charge in [-0.05, 0) is 25.5 Å². The van der Waals surface area contributed by atoms with Gasteiger partial charge in [-0.15, -0.1) is 0 Å². The van der Waals surface area contributed by atoms with Gasteiger partial charge in [0.2, 0.25) is 0 Å². The van der Waals surface area contributed by atoms with E-state index in [0.717, 1.165) is 0 Å². The lowest BCUT2D eigenvalue weighted by Gasteiger charge is -2.01. The molecule has 2 rings (SSSR count). The Labute approximate surface area is 80.6 Å². The predicted molar refractivity (Wildman–Crippen MR) is 53.6 cm³/mol. The number of rotatable bonds is 0. The molecule has 3 heteroatoms. The SMILES string of the molecule is Cc1cc(=O)c2cc(C)c(O)cc2o1. The van der Waals surface area contributed by atoms with Gasteiger partial charge in [-0.1, -0.05) is 0 Å². The molecule has 0 bridgehead atoms. The lowest BCUT2D eigenvalue weighted by Crippen LogP contribution is -2.00. The normalized spacial score (nSPS) is 10.7. The van der Waals surface area contributed by atoms with Crippen LogP contribution in [0.1, 0.15) is 11.3 Å². The second-order valence-corrected chi connectivity index (χ2v) is 3.36. The van der Waals surface area contributed by atoms with Gasteiger partial charge in [0.05, 0.1) is 5.39 Å². The van der Waals surface area contributed by atoms with E-state index in [4.69, 9.17) is 4.42 Å². The number of phenols is 1. The zero-order valence-electron chi connectivity index (χ0n) is 8.00. The summed E-state index contributed by atoms with van der Waals surface area (Å²) in [7, 11) is 0. The second kappa shape index (κ2) is 2.87. The highest BCUT2D eigenvalue weighted by molar-refractivity contribution is 5.79. The maximum absolute atomic E-state index is 11.5. The van der Waals surface area contributed by atoms with E-state index in [2.05, 4.69) is 0 Å². The summed E-state index contributed by atoms with van der Waals surface area (Å²) >= 11 is 0. The van der Waals surface area contributed by atoms with Gasteiger partial charge in [-0.3, -0.25) is 4.79 Å². The monoisotopic (exact) mass is 190 g/mol. The number of hydrogen-bond donors (Lipinski definition) is 1. The number of fused-ring (bicyclic) bond motifs is 1. The van der Waals surface area contributed by atoms with Crippen LogP contribution in [-0.2, 0) is 0 Å². The molecule has 0 spiro atoms. The van der Waals surface area contributed by atoms with E-state index in [1.165, 1.54) is 12.1 Å². The van der Waals surface area contributed by atoms with Crippen LogP contribution < -0.4 is 5.43 Å². The Kier molecular flexibility index (Phi) is 1.81. The summed E-state index contributed by atoms with van der Waals surface area (Å²) in [5.74, 6) is 0.692. The summed E-state index contributed by atoms with van der Waals surface area (Å²) in [6, 6.07) is 4.55. The first-order valence-electron chi connectivity index (χ1n) is 4.32. The fourth-order valence-corrected chi connectivity index (χ4v) is 1.42. The molecule has 0 aliphatic carbocycles. The van der Waals surface area contributed by atoms with Gasteiger partial charge in [0, 0.05) is 12.1 Å². The third-order valence-electron chi connectivity index (χ3n) is 2.17. The van der Waals surface area contributed by atoms with Crippen molar-refractivity contribution in [2.75, 3.05) is 0 Å². The predicted octanol–water partition coefficient (Wildman–Crippen LogP) is 2.12. The minimum atomic E-state index is -0.0770. The van der Waals surface area contributed by atoms with E-state index >= 15 is 0 Å². The van der Waals surface area contributed by atoms with Crippen LogP contribution in [0, 0.1) is 13.8 Å². The molecular formula is C11H10O3. The summed E-state index contributed by atoms with van der Waals surface area (Å²) in [5.41, 5.74) is 1.03. The Morgan fingerprint density at radius 3 is 2.64 bits per heavy atom. The Hall–Kier alpha value is -1.77. The molecule has 1 heterocycles. The minimum absolute atomic E-state index is 0.0770. The maximum atomic E-state index is 11.5. The number of hydrogen-bond acceptors (Lipinski definition) is 3. The van der Waals surface area contributed by atoms with Crippen LogP contribution in [0.25, 0.3) is 11.0 Å². The third kappa shape index (κ3) is 1.27. The van der Waals surface area contributed by atoms with Gasteiger partial charge in [-0.2, -0.15) is 0 Å². The molecule has 0 saturated carbocycles. The smallest absolute Gasteiger partial charge is 0.192 e. The van der Waals surface area contributed by atoms with Gasteiger partial charge >= 0.3 is 0 Å². The zero-order valence-corrected chi connectivity index (χ0v) is 8.00. The molecule has 1 N–H and O–H groups in total. The highest BCUT2D eigenvalue weighted by Gasteiger charge is 2.05. The maximum Gasteiger partial charge on any atom is 0.192 e. The van der Waals surface area contributed by atoms with E-state index in [0.29, 0.717) is 22.3 Å². The van der Waals surface area contributed by atoms with E-state index in [9.17, 15) is 9.90 Å². The fourth-order valence-electron chi connectivity index (χ4n) is 1.42. The van der Waals surface area contributed by atoms with Gasteiger partial charge in [0.1, 0.15) is 17.1 Å². The van der Waals surface area contributed by atoms with Crippen LogP contribution in [0.2, 0.25) is 0 Å². The number of aromatic hydroxyl groups is 1. The molecule has 0 aliphatic heterocycles. The molecule has 0 saturated heterocycles. The summed E-state index contributed by atoms with van der Waals surface area (Å²) in [6.45, 7) is 3.45. The second-order valence-electron chi connectivity index (χ2n) is 3.36. The van der Waals surface area contributed by atoms with Crippen molar-refractivity contribution in [3.63, 3.8) is 0 Å². The molecular weight excluding hydrogens is 180 g/mol. The quantitative estimate of drug-likeness (QED) is 0.692. The van der Waals surface area contributed by atoms with Crippen LogP contribution in [0.4, 0.5) is 0 Å². The van der Waals surface area contributed by atoms with Gasteiger partial charge < -0.3 is 9.52 Å². The van der Waals surface area contributed by atoms with Crippen molar-refractivity contribution in [1.29, 1.82) is 0 Å². The Bertz CT molecular complexity index is 552. The summed E-state index contributed by atoms with van der Waals surface area (Å²) in [5, 5.41) is 9.94. The Morgan fingerprint density at radius 2 is 1.93 bits per heavy atom. The average molecular weight is 190 g/mol. The van der Waals surface area contributed by atoms with Crippen LogP contribution in [0.5, 0.6) is 5.75 Å². The highest BCUT2D eigenvalue weighted by Crippen LogP contribution is 2.22. The largest absolute Gasteiger partial charge is 0.508 e. The van der Waals surface area contributed by atoms with Gasteiger partial charge in [-0.25, -0.2) is 0 Å². The number of benzene rings is 1. The van der Waals surface area contributed by atoms with Crippen LogP contribution in [-0.4, -0.2) is 5.11 Å². The fraction of sp³-hybridized carbons (Fsp3) is 0.182.